The topological polar surface area (TPSA) is 42.7 Å². The van der Waals surface area contributed by atoms with Gasteiger partial charge in [-0.25, -0.2) is 9.50 Å². The van der Waals surface area contributed by atoms with Gasteiger partial charge in [0.05, 0.1) is 13.2 Å². The van der Waals surface area contributed by atoms with E-state index in [0.717, 1.165) is 36.7 Å². The van der Waals surface area contributed by atoms with Gasteiger partial charge in [0.25, 0.3) is 0 Å². The van der Waals surface area contributed by atoms with Gasteiger partial charge in [0.1, 0.15) is 5.75 Å². The fraction of sp³-hybridized carbons (Fsp3) is 0.571. The first-order chi connectivity index (χ1) is 9.31. The Morgan fingerprint density at radius 2 is 2.32 bits per heavy atom. The number of hydrogen-bond donors (Lipinski definition) is 0. The highest BCUT2D eigenvalue weighted by atomic mass is 16.5. The van der Waals surface area contributed by atoms with Gasteiger partial charge in [-0.15, -0.1) is 5.10 Å². The number of fused-ring (bicyclic) bond motifs is 1. The molecule has 0 bridgehead atoms. The van der Waals surface area contributed by atoms with Crippen molar-refractivity contribution in [3.8, 4) is 5.75 Å². The minimum absolute atomic E-state index is 0.365. The van der Waals surface area contributed by atoms with Crippen molar-refractivity contribution in [2.24, 2.45) is 0 Å². The zero-order valence-corrected chi connectivity index (χ0v) is 11.5. The maximum absolute atomic E-state index is 5.23. The number of nitrogens with zero attached hydrogens (tertiary/aromatic N) is 4. The Morgan fingerprint density at radius 1 is 1.42 bits per heavy atom. The summed E-state index contributed by atoms with van der Waals surface area (Å²) < 4.78 is 7.06. The highest BCUT2D eigenvalue weighted by molar-refractivity contribution is 5.43. The standard InChI is InChI=1S/C14H20N4O/c1-3-17-8-5-4-6-12(17)14-15-13-10-11(19-2)7-9-18(13)16-14/h7,9-10,12H,3-6,8H2,1-2H3. The van der Waals surface area contributed by atoms with Crippen LogP contribution in [0.4, 0.5) is 0 Å². The molecular weight excluding hydrogens is 240 g/mol. The van der Waals surface area contributed by atoms with Crippen LogP contribution in [-0.4, -0.2) is 39.7 Å². The van der Waals surface area contributed by atoms with Crippen molar-refractivity contribution in [1.82, 2.24) is 19.5 Å². The minimum Gasteiger partial charge on any atom is -0.497 e. The molecule has 0 N–H and O–H groups in total. The molecule has 1 aliphatic rings. The molecule has 5 heteroatoms. The summed E-state index contributed by atoms with van der Waals surface area (Å²) in [5.41, 5.74) is 0.857. The molecule has 3 heterocycles. The molecule has 0 amide bonds. The molecule has 2 aromatic rings. The Bertz CT molecular complexity index is 566. The minimum atomic E-state index is 0.365. The molecule has 1 saturated heterocycles. The number of ether oxygens (including phenoxy) is 1. The molecule has 0 saturated carbocycles. The Morgan fingerprint density at radius 3 is 3.11 bits per heavy atom. The Hall–Kier alpha value is -1.62. The Kier molecular flexibility index (Phi) is 3.38. The normalized spacial score (nSPS) is 20.8. The van der Waals surface area contributed by atoms with E-state index >= 15 is 0 Å². The van der Waals surface area contributed by atoms with Crippen LogP contribution >= 0.6 is 0 Å². The molecule has 1 fully saturated rings. The van der Waals surface area contributed by atoms with Gasteiger partial charge >= 0.3 is 0 Å². The van der Waals surface area contributed by atoms with Gasteiger partial charge in [0, 0.05) is 12.3 Å². The zero-order chi connectivity index (χ0) is 13.2. The molecule has 0 spiro atoms. The predicted octanol–water partition coefficient (Wildman–Crippen LogP) is 2.28. The van der Waals surface area contributed by atoms with Crippen LogP contribution in [0.25, 0.3) is 5.65 Å². The van der Waals surface area contributed by atoms with E-state index in [2.05, 4.69) is 21.9 Å². The maximum atomic E-state index is 5.23. The van der Waals surface area contributed by atoms with Crippen LogP contribution in [0.1, 0.15) is 38.1 Å². The van der Waals surface area contributed by atoms with E-state index in [0.29, 0.717) is 6.04 Å². The number of likely N-dealkylation sites (tertiary alicyclic amines) is 1. The molecular formula is C14H20N4O. The van der Waals surface area contributed by atoms with Crippen LogP contribution in [-0.2, 0) is 0 Å². The molecule has 5 nitrogen and oxygen atoms in total. The first-order valence-corrected chi connectivity index (χ1v) is 6.96. The summed E-state index contributed by atoms with van der Waals surface area (Å²) in [6.07, 6.45) is 5.61. The summed E-state index contributed by atoms with van der Waals surface area (Å²) >= 11 is 0. The molecule has 1 atom stereocenters. The van der Waals surface area contributed by atoms with Gasteiger partial charge in [0.15, 0.2) is 11.5 Å². The van der Waals surface area contributed by atoms with E-state index in [1.54, 1.807) is 7.11 Å². The van der Waals surface area contributed by atoms with E-state index < -0.39 is 0 Å². The largest absolute Gasteiger partial charge is 0.497 e. The Labute approximate surface area is 113 Å². The molecule has 102 valence electrons. The maximum Gasteiger partial charge on any atom is 0.168 e. The van der Waals surface area contributed by atoms with E-state index in [9.17, 15) is 0 Å². The number of pyridine rings is 1. The van der Waals surface area contributed by atoms with Crippen molar-refractivity contribution in [2.45, 2.75) is 32.2 Å². The lowest BCUT2D eigenvalue weighted by Crippen LogP contribution is -2.33. The lowest BCUT2D eigenvalue weighted by atomic mass is 10.0. The molecule has 0 aromatic carbocycles. The number of rotatable bonds is 3. The molecule has 0 aliphatic carbocycles. The van der Waals surface area contributed by atoms with Gasteiger partial charge in [-0.1, -0.05) is 13.3 Å². The van der Waals surface area contributed by atoms with Gasteiger partial charge < -0.3 is 4.74 Å². The summed E-state index contributed by atoms with van der Waals surface area (Å²) in [6, 6.07) is 4.20. The monoisotopic (exact) mass is 260 g/mol. The third kappa shape index (κ3) is 2.30. The Balaban J connectivity index is 1.95. The first-order valence-electron chi connectivity index (χ1n) is 6.96. The van der Waals surface area contributed by atoms with Gasteiger partial charge in [-0.3, -0.25) is 4.90 Å². The molecule has 1 unspecified atom stereocenters. The van der Waals surface area contributed by atoms with Crippen molar-refractivity contribution in [2.75, 3.05) is 20.2 Å². The van der Waals surface area contributed by atoms with E-state index in [1.165, 1.54) is 12.8 Å². The third-order valence-corrected chi connectivity index (χ3v) is 3.88. The summed E-state index contributed by atoms with van der Waals surface area (Å²) in [5, 5.41) is 4.62. The van der Waals surface area contributed by atoms with Crippen molar-refractivity contribution >= 4 is 5.65 Å². The highest BCUT2D eigenvalue weighted by Crippen LogP contribution is 2.29. The summed E-state index contributed by atoms with van der Waals surface area (Å²) in [7, 11) is 1.67. The smallest absolute Gasteiger partial charge is 0.168 e. The molecule has 2 aromatic heterocycles. The van der Waals surface area contributed by atoms with E-state index in [1.807, 2.05) is 22.8 Å². The van der Waals surface area contributed by atoms with Crippen molar-refractivity contribution in [3.05, 3.63) is 24.2 Å². The number of hydrogen-bond acceptors (Lipinski definition) is 4. The SMILES string of the molecule is CCN1CCCCC1c1nc2cc(OC)ccn2n1. The second kappa shape index (κ2) is 5.17. The van der Waals surface area contributed by atoms with Crippen LogP contribution in [0, 0.1) is 0 Å². The second-order valence-corrected chi connectivity index (χ2v) is 4.98. The van der Waals surface area contributed by atoms with E-state index in [-0.39, 0.29) is 0 Å². The third-order valence-electron chi connectivity index (χ3n) is 3.88. The molecule has 1 aliphatic heterocycles. The number of methoxy groups -OCH3 is 1. The summed E-state index contributed by atoms with van der Waals surface area (Å²) in [5.74, 6) is 1.76. The molecule has 3 rings (SSSR count). The van der Waals surface area contributed by atoms with Crippen molar-refractivity contribution < 1.29 is 4.74 Å². The van der Waals surface area contributed by atoms with E-state index in [4.69, 9.17) is 4.74 Å². The number of aromatic nitrogens is 3. The van der Waals surface area contributed by atoms with Gasteiger partial charge in [-0.05, 0) is 32.0 Å². The number of piperidine rings is 1. The summed E-state index contributed by atoms with van der Waals surface area (Å²) in [6.45, 7) is 4.42. The predicted molar refractivity (Wildman–Crippen MR) is 73.4 cm³/mol. The van der Waals surface area contributed by atoms with Crippen LogP contribution in [0.2, 0.25) is 0 Å². The van der Waals surface area contributed by atoms with Gasteiger partial charge in [-0.2, -0.15) is 0 Å². The first kappa shape index (κ1) is 12.4. The average molecular weight is 260 g/mol. The lowest BCUT2D eigenvalue weighted by molar-refractivity contribution is 0.150. The fourth-order valence-electron chi connectivity index (χ4n) is 2.81. The lowest BCUT2D eigenvalue weighted by Gasteiger charge is -2.32. The van der Waals surface area contributed by atoms with Gasteiger partial charge in [0.2, 0.25) is 0 Å². The average Bonchev–Trinajstić information content (AvgIpc) is 2.89. The molecule has 0 radical (unpaired) electrons. The highest BCUT2D eigenvalue weighted by Gasteiger charge is 2.26. The fourth-order valence-corrected chi connectivity index (χ4v) is 2.81. The van der Waals surface area contributed by atoms with Crippen molar-refractivity contribution in [3.63, 3.8) is 0 Å². The van der Waals surface area contributed by atoms with Crippen molar-refractivity contribution in [1.29, 1.82) is 0 Å². The van der Waals surface area contributed by atoms with Crippen LogP contribution < -0.4 is 4.74 Å². The molecule has 19 heavy (non-hydrogen) atoms. The quantitative estimate of drug-likeness (QED) is 0.849. The second-order valence-electron chi connectivity index (χ2n) is 4.98. The van der Waals surface area contributed by atoms with Crippen LogP contribution in [0.3, 0.4) is 0 Å². The van der Waals surface area contributed by atoms with Crippen LogP contribution in [0.15, 0.2) is 18.3 Å². The summed E-state index contributed by atoms with van der Waals surface area (Å²) in [4.78, 5) is 7.14. The zero-order valence-electron chi connectivity index (χ0n) is 11.5. The van der Waals surface area contributed by atoms with Crippen LogP contribution in [0.5, 0.6) is 5.75 Å².